The van der Waals surface area contributed by atoms with Gasteiger partial charge < -0.3 is 5.32 Å². The van der Waals surface area contributed by atoms with E-state index in [0.717, 1.165) is 23.5 Å². The molecule has 2 aromatic rings. The fraction of sp³-hybridized carbons (Fsp3) is 0.333. The minimum atomic E-state index is -0.170. The highest BCUT2D eigenvalue weighted by atomic mass is 32.1. The van der Waals surface area contributed by atoms with E-state index >= 15 is 0 Å². The third-order valence-electron chi connectivity index (χ3n) is 3.50. The van der Waals surface area contributed by atoms with Crippen LogP contribution in [0, 0.1) is 5.82 Å². The molecule has 0 radical (unpaired) electrons. The minimum absolute atomic E-state index is 0.162. The summed E-state index contributed by atoms with van der Waals surface area (Å²) in [6, 6.07) is 9.07. The van der Waals surface area contributed by atoms with Gasteiger partial charge in [0, 0.05) is 28.3 Å². The van der Waals surface area contributed by atoms with Crippen LogP contribution < -0.4 is 5.32 Å². The molecule has 1 aromatic carbocycles. The zero-order valence-corrected chi connectivity index (χ0v) is 11.4. The van der Waals surface area contributed by atoms with Gasteiger partial charge in [0.15, 0.2) is 0 Å². The monoisotopic (exact) mass is 261 g/mol. The molecule has 0 saturated heterocycles. The van der Waals surface area contributed by atoms with E-state index < -0.39 is 0 Å². The zero-order chi connectivity index (χ0) is 12.8. The Morgan fingerprint density at radius 3 is 2.83 bits per heavy atom. The molecule has 0 unspecified atom stereocenters. The highest BCUT2D eigenvalue weighted by molar-refractivity contribution is 7.15. The van der Waals surface area contributed by atoms with Crippen molar-refractivity contribution in [1.82, 2.24) is 5.32 Å². The van der Waals surface area contributed by atoms with E-state index in [2.05, 4.69) is 25.2 Å². The molecule has 1 aromatic heterocycles. The van der Waals surface area contributed by atoms with Crippen molar-refractivity contribution < 1.29 is 4.39 Å². The van der Waals surface area contributed by atoms with Gasteiger partial charge in [-0.3, -0.25) is 0 Å². The third-order valence-corrected chi connectivity index (χ3v) is 4.68. The zero-order valence-electron chi connectivity index (χ0n) is 10.6. The molecule has 1 nitrogen and oxygen atoms in total. The lowest BCUT2D eigenvalue weighted by atomic mass is 9.82. The summed E-state index contributed by atoms with van der Waals surface area (Å²) in [4.78, 5) is 2.54. The smallest absolute Gasteiger partial charge is 0.123 e. The number of fused-ring (bicyclic) bond motifs is 1. The first-order chi connectivity index (χ1) is 8.56. The molecule has 1 aliphatic rings. The number of hydrogen-bond donors (Lipinski definition) is 1. The molecular weight excluding hydrogens is 245 g/mol. The quantitative estimate of drug-likeness (QED) is 0.820. The van der Waals surface area contributed by atoms with E-state index in [4.69, 9.17) is 0 Å². The molecule has 0 saturated carbocycles. The van der Waals surface area contributed by atoms with E-state index in [0.29, 0.717) is 0 Å². The lowest BCUT2D eigenvalue weighted by molar-refractivity contribution is 0.440. The van der Waals surface area contributed by atoms with Gasteiger partial charge >= 0.3 is 0 Å². The Balaban J connectivity index is 2.08. The van der Waals surface area contributed by atoms with Gasteiger partial charge in [0.05, 0.1) is 0 Å². The van der Waals surface area contributed by atoms with E-state index in [1.165, 1.54) is 16.5 Å². The normalized spacial score (nSPS) is 17.5. The maximum atomic E-state index is 13.3. The van der Waals surface area contributed by atoms with Crippen molar-refractivity contribution in [3.8, 4) is 10.4 Å². The van der Waals surface area contributed by atoms with E-state index in [9.17, 15) is 4.39 Å². The Bertz CT molecular complexity index is 586. The number of rotatable bonds is 1. The Hall–Kier alpha value is -1.19. The fourth-order valence-electron chi connectivity index (χ4n) is 2.50. The summed E-state index contributed by atoms with van der Waals surface area (Å²) in [6.45, 7) is 6.43. The van der Waals surface area contributed by atoms with Crippen LogP contribution in [0.4, 0.5) is 4.39 Å². The summed E-state index contributed by atoms with van der Waals surface area (Å²) in [5, 5.41) is 3.44. The molecule has 0 fully saturated rings. The van der Waals surface area contributed by atoms with E-state index in [-0.39, 0.29) is 11.2 Å². The van der Waals surface area contributed by atoms with Crippen LogP contribution in [0.5, 0.6) is 0 Å². The predicted molar refractivity (Wildman–Crippen MR) is 74.4 cm³/mol. The average molecular weight is 261 g/mol. The molecule has 0 atom stereocenters. The Morgan fingerprint density at radius 1 is 1.28 bits per heavy atom. The number of hydrogen-bond acceptors (Lipinski definition) is 2. The molecule has 0 aliphatic carbocycles. The molecule has 0 spiro atoms. The molecule has 0 bridgehead atoms. The summed E-state index contributed by atoms with van der Waals surface area (Å²) in [6.07, 6.45) is 0. The van der Waals surface area contributed by atoms with E-state index in [1.807, 2.05) is 6.07 Å². The van der Waals surface area contributed by atoms with Gasteiger partial charge in [-0.2, -0.15) is 0 Å². The van der Waals surface area contributed by atoms with Gasteiger partial charge in [-0.15, -0.1) is 11.3 Å². The molecule has 94 valence electrons. The van der Waals surface area contributed by atoms with Crippen LogP contribution in [-0.2, 0) is 12.0 Å². The van der Waals surface area contributed by atoms with Gasteiger partial charge in [0.25, 0.3) is 0 Å². The van der Waals surface area contributed by atoms with Crippen LogP contribution in [-0.4, -0.2) is 6.54 Å². The van der Waals surface area contributed by atoms with Crippen molar-refractivity contribution in [1.29, 1.82) is 0 Å². The van der Waals surface area contributed by atoms with Gasteiger partial charge in [0.1, 0.15) is 5.82 Å². The first-order valence-electron chi connectivity index (χ1n) is 6.16. The molecular formula is C15H16FNS. The Kier molecular flexibility index (Phi) is 2.76. The van der Waals surface area contributed by atoms with Crippen molar-refractivity contribution >= 4 is 11.3 Å². The second-order valence-corrected chi connectivity index (χ2v) is 6.58. The average Bonchev–Trinajstić information content (AvgIpc) is 2.74. The predicted octanol–water partition coefficient (Wildman–Crippen LogP) is 3.94. The Morgan fingerprint density at radius 2 is 2.11 bits per heavy atom. The first-order valence-corrected chi connectivity index (χ1v) is 6.98. The SMILES string of the molecule is CC1(C)CNCc2sc(-c3cccc(F)c3)cc21. The molecule has 1 aliphatic heterocycles. The number of nitrogens with one attached hydrogen (secondary N) is 1. The molecule has 3 rings (SSSR count). The van der Waals surface area contributed by atoms with E-state index in [1.54, 1.807) is 23.5 Å². The molecule has 1 N–H and O–H groups in total. The van der Waals surface area contributed by atoms with Gasteiger partial charge in [0.2, 0.25) is 0 Å². The Labute approximate surface area is 111 Å². The van der Waals surface area contributed by atoms with Crippen LogP contribution >= 0.6 is 11.3 Å². The maximum Gasteiger partial charge on any atom is 0.123 e. The highest BCUT2D eigenvalue weighted by Gasteiger charge is 2.29. The largest absolute Gasteiger partial charge is 0.311 e. The minimum Gasteiger partial charge on any atom is -0.311 e. The van der Waals surface area contributed by atoms with Crippen LogP contribution in [0.25, 0.3) is 10.4 Å². The highest BCUT2D eigenvalue weighted by Crippen LogP contribution is 2.39. The summed E-state index contributed by atoms with van der Waals surface area (Å²) >= 11 is 1.77. The van der Waals surface area contributed by atoms with Crippen LogP contribution in [0.3, 0.4) is 0 Å². The summed E-state index contributed by atoms with van der Waals surface area (Å²) in [7, 11) is 0. The third kappa shape index (κ3) is 1.98. The van der Waals surface area contributed by atoms with Crippen molar-refractivity contribution in [3.05, 3.63) is 46.6 Å². The fourth-order valence-corrected chi connectivity index (χ4v) is 3.81. The lowest BCUT2D eigenvalue weighted by Crippen LogP contribution is -2.37. The summed E-state index contributed by atoms with van der Waals surface area (Å²) in [5.41, 5.74) is 2.55. The van der Waals surface area contributed by atoms with Crippen molar-refractivity contribution in [2.75, 3.05) is 6.54 Å². The topological polar surface area (TPSA) is 12.0 Å². The second kappa shape index (κ2) is 4.18. The van der Waals surface area contributed by atoms with Crippen molar-refractivity contribution in [2.45, 2.75) is 25.8 Å². The molecule has 0 amide bonds. The van der Waals surface area contributed by atoms with Crippen LogP contribution in [0.15, 0.2) is 30.3 Å². The van der Waals surface area contributed by atoms with Gasteiger partial charge in [-0.1, -0.05) is 26.0 Å². The standard InChI is InChI=1S/C15H16FNS/c1-15(2)9-17-8-14-12(15)7-13(18-14)10-4-3-5-11(16)6-10/h3-7,17H,8-9H2,1-2H3. The molecule has 18 heavy (non-hydrogen) atoms. The second-order valence-electron chi connectivity index (χ2n) is 5.45. The van der Waals surface area contributed by atoms with Crippen molar-refractivity contribution in [3.63, 3.8) is 0 Å². The maximum absolute atomic E-state index is 13.3. The number of thiophene rings is 1. The van der Waals surface area contributed by atoms with Gasteiger partial charge in [-0.05, 0) is 29.3 Å². The lowest BCUT2D eigenvalue weighted by Gasteiger charge is -2.30. The van der Waals surface area contributed by atoms with Crippen molar-refractivity contribution in [2.24, 2.45) is 0 Å². The first kappa shape index (κ1) is 11.9. The summed E-state index contributed by atoms with van der Waals surface area (Å²) < 4.78 is 13.3. The number of benzene rings is 1. The molecule has 3 heteroatoms. The number of halogens is 1. The van der Waals surface area contributed by atoms with Gasteiger partial charge in [-0.25, -0.2) is 4.39 Å². The molecule has 2 heterocycles. The van der Waals surface area contributed by atoms with Crippen LogP contribution in [0.1, 0.15) is 24.3 Å². The summed E-state index contributed by atoms with van der Waals surface area (Å²) in [5.74, 6) is -0.170. The van der Waals surface area contributed by atoms with Crippen LogP contribution in [0.2, 0.25) is 0 Å².